The van der Waals surface area contributed by atoms with Crippen molar-refractivity contribution < 1.29 is 0 Å². The second-order valence-electron chi connectivity index (χ2n) is 5.44. The van der Waals surface area contributed by atoms with Crippen molar-refractivity contribution in [2.75, 3.05) is 11.9 Å². The Labute approximate surface area is 115 Å². The second-order valence-corrected chi connectivity index (χ2v) is 5.85. The molecule has 1 aliphatic carbocycles. The maximum Gasteiger partial charge on any atom is 0.0637 e. The van der Waals surface area contributed by atoms with Gasteiger partial charge in [-0.2, -0.15) is 0 Å². The van der Waals surface area contributed by atoms with Crippen LogP contribution in [0.1, 0.15) is 39.0 Å². The Balaban J connectivity index is 2.08. The van der Waals surface area contributed by atoms with Crippen molar-refractivity contribution in [3.63, 3.8) is 0 Å². The van der Waals surface area contributed by atoms with Crippen molar-refractivity contribution >= 4 is 17.3 Å². The molecule has 18 heavy (non-hydrogen) atoms. The van der Waals surface area contributed by atoms with Crippen LogP contribution in [0.5, 0.6) is 0 Å². The van der Waals surface area contributed by atoms with E-state index in [2.05, 4.69) is 12.2 Å². The molecular weight excluding hydrogens is 244 g/mol. The summed E-state index contributed by atoms with van der Waals surface area (Å²) < 4.78 is 0. The number of nitrogens with one attached hydrogen (secondary N) is 1. The molecule has 3 heteroatoms. The van der Waals surface area contributed by atoms with E-state index < -0.39 is 0 Å². The second kappa shape index (κ2) is 5.94. The molecule has 1 saturated carbocycles. The zero-order chi connectivity index (χ0) is 13.0. The van der Waals surface area contributed by atoms with Gasteiger partial charge in [0.25, 0.3) is 0 Å². The van der Waals surface area contributed by atoms with E-state index in [1.165, 1.54) is 19.3 Å². The molecule has 0 bridgehead atoms. The number of rotatable bonds is 4. The number of nitrogens with two attached hydrogens (primary N) is 1. The highest BCUT2D eigenvalue weighted by atomic mass is 35.5. The fourth-order valence-corrected chi connectivity index (χ4v) is 3.05. The average molecular weight is 267 g/mol. The molecule has 1 aliphatic rings. The molecule has 0 amide bonds. The lowest BCUT2D eigenvalue weighted by Crippen LogP contribution is -2.48. The number of benzene rings is 1. The molecule has 1 aromatic carbocycles. The van der Waals surface area contributed by atoms with E-state index in [0.717, 1.165) is 29.5 Å². The molecular formula is C15H23ClN2. The highest BCUT2D eigenvalue weighted by molar-refractivity contribution is 6.33. The first kappa shape index (κ1) is 13.7. The topological polar surface area (TPSA) is 38.0 Å². The quantitative estimate of drug-likeness (QED) is 0.863. The van der Waals surface area contributed by atoms with E-state index in [1.54, 1.807) is 0 Å². The van der Waals surface area contributed by atoms with Crippen molar-refractivity contribution in [1.82, 2.24) is 0 Å². The molecule has 100 valence electrons. The molecule has 0 atom stereocenters. The minimum atomic E-state index is 0.0384. The third kappa shape index (κ3) is 2.99. The van der Waals surface area contributed by atoms with Gasteiger partial charge in [-0.15, -0.1) is 0 Å². The van der Waals surface area contributed by atoms with Crippen molar-refractivity contribution in [2.24, 2.45) is 11.7 Å². The van der Waals surface area contributed by atoms with Crippen LogP contribution in [0.3, 0.4) is 0 Å². The van der Waals surface area contributed by atoms with Crippen molar-refractivity contribution in [1.29, 1.82) is 0 Å². The Hall–Kier alpha value is -0.730. The van der Waals surface area contributed by atoms with Crippen LogP contribution in [0.2, 0.25) is 5.02 Å². The van der Waals surface area contributed by atoms with Crippen molar-refractivity contribution in [3.8, 4) is 0 Å². The van der Waals surface area contributed by atoms with E-state index in [4.69, 9.17) is 17.3 Å². The van der Waals surface area contributed by atoms with E-state index in [9.17, 15) is 0 Å². The molecule has 0 saturated heterocycles. The number of hydrogen-bond donors (Lipinski definition) is 2. The summed E-state index contributed by atoms with van der Waals surface area (Å²) >= 11 is 6.22. The van der Waals surface area contributed by atoms with Gasteiger partial charge in [0.15, 0.2) is 0 Å². The monoisotopic (exact) mass is 266 g/mol. The molecule has 0 heterocycles. The van der Waals surface area contributed by atoms with Gasteiger partial charge in [-0.05, 0) is 43.7 Å². The SMILES string of the molecule is CCC1CCC(CN)(Nc2ccccc2Cl)CC1. The van der Waals surface area contributed by atoms with E-state index in [-0.39, 0.29) is 5.54 Å². The summed E-state index contributed by atoms with van der Waals surface area (Å²) in [5.74, 6) is 0.873. The Bertz CT molecular complexity index is 384. The van der Waals surface area contributed by atoms with Gasteiger partial charge in [-0.1, -0.05) is 37.1 Å². The third-order valence-electron chi connectivity index (χ3n) is 4.30. The highest BCUT2D eigenvalue weighted by Gasteiger charge is 2.33. The molecule has 3 N–H and O–H groups in total. The lowest BCUT2D eigenvalue weighted by molar-refractivity contribution is 0.253. The van der Waals surface area contributed by atoms with Gasteiger partial charge >= 0.3 is 0 Å². The van der Waals surface area contributed by atoms with Gasteiger partial charge in [0.1, 0.15) is 0 Å². The molecule has 0 unspecified atom stereocenters. The molecule has 1 aromatic rings. The number of para-hydroxylation sites is 1. The first-order chi connectivity index (χ1) is 8.69. The minimum Gasteiger partial charge on any atom is -0.377 e. The van der Waals surface area contributed by atoms with Crippen LogP contribution in [0, 0.1) is 5.92 Å². The summed E-state index contributed by atoms with van der Waals surface area (Å²) in [7, 11) is 0. The van der Waals surface area contributed by atoms with Crippen molar-refractivity contribution in [2.45, 2.75) is 44.6 Å². The van der Waals surface area contributed by atoms with Gasteiger partial charge in [-0.25, -0.2) is 0 Å². The first-order valence-electron chi connectivity index (χ1n) is 6.92. The normalized spacial score (nSPS) is 28.1. The van der Waals surface area contributed by atoms with Gasteiger partial charge in [0.05, 0.1) is 10.7 Å². The van der Waals surface area contributed by atoms with Gasteiger partial charge in [-0.3, -0.25) is 0 Å². The summed E-state index contributed by atoms with van der Waals surface area (Å²) in [4.78, 5) is 0. The Morgan fingerprint density at radius 2 is 2.00 bits per heavy atom. The summed E-state index contributed by atoms with van der Waals surface area (Å²) in [6.45, 7) is 2.95. The van der Waals surface area contributed by atoms with Crippen molar-refractivity contribution in [3.05, 3.63) is 29.3 Å². The Morgan fingerprint density at radius 3 is 2.56 bits per heavy atom. The van der Waals surface area contributed by atoms with Crippen LogP contribution in [0.25, 0.3) is 0 Å². The Kier molecular flexibility index (Phi) is 4.52. The Morgan fingerprint density at radius 1 is 1.33 bits per heavy atom. The van der Waals surface area contributed by atoms with Crippen LogP contribution in [-0.2, 0) is 0 Å². The van der Waals surface area contributed by atoms with E-state index in [0.29, 0.717) is 6.54 Å². The lowest BCUT2D eigenvalue weighted by Gasteiger charge is -2.41. The maximum atomic E-state index is 6.22. The van der Waals surface area contributed by atoms with Crippen LogP contribution in [0.15, 0.2) is 24.3 Å². The van der Waals surface area contributed by atoms with Gasteiger partial charge in [0, 0.05) is 12.1 Å². The first-order valence-corrected chi connectivity index (χ1v) is 7.30. The molecule has 2 nitrogen and oxygen atoms in total. The van der Waals surface area contributed by atoms with E-state index in [1.807, 2.05) is 24.3 Å². The van der Waals surface area contributed by atoms with Crippen LogP contribution in [-0.4, -0.2) is 12.1 Å². The van der Waals surface area contributed by atoms with E-state index >= 15 is 0 Å². The fourth-order valence-electron chi connectivity index (χ4n) is 2.87. The zero-order valence-electron chi connectivity index (χ0n) is 11.1. The molecule has 0 aliphatic heterocycles. The van der Waals surface area contributed by atoms with Crippen LogP contribution < -0.4 is 11.1 Å². The highest BCUT2D eigenvalue weighted by Crippen LogP contribution is 2.36. The standard InChI is InChI=1S/C15H23ClN2/c1-2-12-7-9-15(11-17,10-8-12)18-14-6-4-3-5-13(14)16/h3-6,12,18H,2,7-11,17H2,1H3. The zero-order valence-corrected chi connectivity index (χ0v) is 11.8. The molecule has 0 aromatic heterocycles. The molecule has 2 rings (SSSR count). The predicted octanol–water partition coefficient (Wildman–Crippen LogP) is 4.05. The summed E-state index contributed by atoms with van der Waals surface area (Å²) in [5.41, 5.74) is 7.07. The van der Waals surface area contributed by atoms with Gasteiger partial charge in [0.2, 0.25) is 0 Å². The summed E-state index contributed by atoms with van der Waals surface area (Å²) in [6, 6.07) is 7.92. The van der Waals surface area contributed by atoms with Gasteiger partial charge < -0.3 is 11.1 Å². The minimum absolute atomic E-state index is 0.0384. The molecule has 0 radical (unpaired) electrons. The maximum absolute atomic E-state index is 6.22. The van der Waals surface area contributed by atoms with Crippen LogP contribution >= 0.6 is 11.6 Å². The average Bonchev–Trinajstić information content (AvgIpc) is 2.42. The number of halogens is 1. The third-order valence-corrected chi connectivity index (χ3v) is 4.63. The summed E-state index contributed by atoms with van der Waals surface area (Å²) in [5, 5.41) is 4.38. The largest absolute Gasteiger partial charge is 0.377 e. The fraction of sp³-hybridized carbons (Fsp3) is 0.600. The number of anilines is 1. The number of hydrogen-bond acceptors (Lipinski definition) is 2. The summed E-state index contributed by atoms with van der Waals surface area (Å²) in [6.07, 6.45) is 6.11. The molecule has 0 spiro atoms. The molecule has 1 fully saturated rings. The smallest absolute Gasteiger partial charge is 0.0637 e. The lowest BCUT2D eigenvalue weighted by atomic mass is 9.75. The van der Waals surface area contributed by atoms with Crippen LogP contribution in [0.4, 0.5) is 5.69 Å². The predicted molar refractivity (Wildman–Crippen MR) is 79.1 cm³/mol.